The van der Waals surface area contributed by atoms with E-state index in [2.05, 4.69) is 31.1 Å². The van der Waals surface area contributed by atoms with Gasteiger partial charge >= 0.3 is 5.97 Å². The number of aromatic nitrogens is 3. The predicted octanol–water partition coefficient (Wildman–Crippen LogP) is 3.26. The van der Waals surface area contributed by atoms with Crippen LogP contribution in [0, 0.1) is 0 Å². The summed E-state index contributed by atoms with van der Waals surface area (Å²) in [5.74, 6) is -0.614. The number of nitrogens with zero attached hydrogens (tertiary/aromatic N) is 3. The average molecular weight is 346 g/mol. The molecule has 0 spiro atoms. The molecule has 104 valence electrons. The zero-order valence-corrected chi connectivity index (χ0v) is 12.1. The maximum absolute atomic E-state index is 11.2. The van der Waals surface area contributed by atoms with E-state index in [0.717, 1.165) is 4.47 Å². The highest BCUT2D eigenvalue weighted by atomic mass is 79.9. The van der Waals surface area contributed by atoms with Crippen LogP contribution in [0.1, 0.15) is 10.4 Å². The van der Waals surface area contributed by atoms with E-state index in [-0.39, 0.29) is 17.3 Å². The van der Waals surface area contributed by atoms with E-state index in [1.165, 1.54) is 6.07 Å². The fraction of sp³-hybridized carbons (Fsp3) is 0. The van der Waals surface area contributed by atoms with Crippen molar-refractivity contribution in [3.05, 3.63) is 52.8 Å². The summed E-state index contributed by atoms with van der Waals surface area (Å²) in [4.78, 5) is 15.2. The van der Waals surface area contributed by atoms with Crippen molar-refractivity contribution < 1.29 is 14.3 Å². The maximum atomic E-state index is 11.2. The number of pyridine rings is 1. The molecule has 0 atom stereocenters. The van der Waals surface area contributed by atoms with E-state index in [4.69, 9.17) is 4.42 Å². The zero-order valence-electron chi connectivity index (χ0n) is 10.5. The van der Waals surface area contributed by atoms with Gasteiger partial charge in [-0.05, 0) is 34.1 Å². The molecule has 1 aromatic carbocycles. The normalized spacial score (nSPS) is 10.5. The second kappa shape index (κ2) is 5.45. The van der Waals surface area contributed by atoms with Crippen molar-refractivity contribution in [1.82, 2.24) is 15.2 Å². The average Bonchev–Trinajstić information content (AvgIpc) is 2.97. The lowest BCUT2D eigenvalue weighted by Crippen LogP contribution is -1.98. The molecule has 0 radical (unpaired) electrons. The SMILES string of the molecule is O=C(O)c1ccccc1-c1nnc(-c2cncc(Br)c2)o1. The molecule has 1 N–H and O–H groups in total. The van der Waals surface area contributed by atoms with E-state index in [1.54, 1.807) is 36.7 Å². The van der Waals surface area contributed by atoms with Crippen LogP contribution in [0.15, 0.2) is 51.6 Å². The number of aromatic carboxylic acids is 1. The summed E-state index contributed by atoms with van der Waals surface area (Å²) in [5, 5.41) is 17.0. The van der Waals surface area contributed by atoms with E-state index >= 15 is 0 Å². The number of hydrogen-bond donors (Lipinski definition) is 1. The largest absolute Gasteiger partial charge is 0.478 e. The van der Waals surface area contributed by atoms with Crippen LogP contribution in [0.5, 0.6) is 0 Å². The molecule has 6 nitrogen and oxygen atoms in total. The molecule has 0 fully saturated rings. The second-order valence-electron chi connectivity index (χ2n) is 4.15. The quantitative estimate of drug-likeness (QED) is 0.783. The molecule has 0 unspecified atom stereocenters. The molecule has 2 aromatic heterocycles. The molecular formula is C14H8BrN3O3. The maximum Gasteiger partial charge on any atom is 0.336 e. The number of hydrogen-bond acceptors (Lipinski definition) is 5. The molecule has 0 saturated heterocycles. The van der Waals surface area contributed by atoms with Gasteiger partial charge in [-0.1, -0.05) is 12.1 Å². The van der Waals surface area contributed by atoms with Crippen LogP contribution >= 0.6 is 15.9 Å². The third-order valence-corrected chi connectivity index (χ3v) is 3.20. The van der Waals surface area contributed by atoms with Crippen molar-refractivity contribution in [2.45, 2.75) is 0 Å². The fourth-order valence-electron chi connectivity index (χ4n) is 1.83. The van der Waals surface area contributed by atoms with Gasteiger partial charge in [0.05, 0.1) is 16.7 Å². The number of benzene rings is 1. The molecule has 0 aliphatic carbocycles. The van der Waals surface area contributed by atoms with Crippen LogP contribution < -0.4 is 0 Å². The molecule has 0 aliphatic rings. The summed E-state index contributed by atoms with van der Waals surface area (Å²) >= 11 is 3.31. The highest BCUT2D eigenvalue weighted by molar-refractivity contribution is 9.10. The Morgan fingerprint density at radius 3 is 2.67 bits per heavy atom. The van der Waals surface area contributed by atoms with Crippen molar-refractivity contribution in [2.24, 2.45) is 0 Å². The van der Waals surface area contributed by atoms with Gasteiger partial charge in [-0.25, -0.2) is 4.79 Å². The minimum absolute atomic E-state index is 0.111. The Hall–Kier alpha value is -2.54. The molecule has 0 amide bonds. The predicted molar refractivity (Wildman–Crippen MR) is 77.6 cm³/mol. The Balaban J connectivity index is 2.05. The van der Waals surface area contributed by atoms with Crippen molar-refractivity contribution in [3.8, 4) is 22.9 Å². The minimum atomic E-state index is -1.05. The lowest BCUT2D eigenvalue weighted by atomic mass is 10.1. The second-order valence-corrected chi connectivity index (χ2v) is 5.07. The number of carboxylic acids is 1. The van der Waals surface area contributed by atoms with E-state index in [0.29, 0.717) is 11.1 Å². The molecule has 21 heavy (non-hydrogen) atoms. The third kappa shape index (κ3) is 2.68. The van der Waals surface area contributed by atoms with Gasteiger partial charge in [0.2, 0.25) is 11.8 Å². The Labute approximate surface area is 127 Å². The van der Waals surface area contributed by atoms with E-state index in [1.807, 2.05) is 0 Å². The highest BCUT2D eigenvalue weighted by Crippen LogP contribution is 2.27. The van der Waals surface area contributed by atoms with Crippen molar-refractivity contribution in [1.29, 1.82) is 0 Å². The van der Waals surface area contributed by atoms with Crippen molar-refractivity contribution >= 4 is 21.9 Å². The van der Waals surface area contributed by atoms with Gasteiger partial charge in [-0.15, -0.1) is 10.2 Å². The van der Waals surface area contributed by atoms with Crippen LogP contribution in [-0.2, 0) is 0 Å². The van der Waals surface area contributed by atoms with Gasteiger partial charge in [0, 0.05) is 16.9 Å². The van der Waals surface area contributed by atoms with Crippen LogP contribution in [-0.4, -0.2) is 26.3 Å². The summed E-state index contributed by atoms with van der Waals surface area (Å²) < 4.78 is 6.34. The van der Waals surface area contributed by atoms with Crippen LogP contribution in [0.25, 0.3) is 22.9 Å². The van der Waals surface area contributed by atoms with Gasteiger partial charge in [0.1, 0.15) is 0 Å². The summed E-state index contributed by atoms with van der Waals surface area (Å²) in [7, 11) is 0. The van der Waals surface area contributed by atoms with Gasteiger partial charge in [0.25, 0.3) is 0 Å². The van der Waals surface area contributed by atoms with E-state index in [9.17, 15) is 9.90 Å². The van der Waals surface area contributed by atoms with Crippen molar-refractivity contribution in [3.63, 3.8) is 0 Å². The number of rotatable bonds is 3. The highest BCUT2D eigenvalue weighted by Gasteiger charge is 2.17. The monoisotopic (exact) mass is 345 g/mol. The van der Waals surface area contributed by atoms with Crippen molar-refractivity contribution in [2.75, 3.05) is 0 Å². The Bertz CT molecular complexity index is 816. The summed E-state index contributed by atoms with van der Waals surface area (Å²) in [5.41, 5.74) is 1.14. The first-order valence-electron chi connectivity index (χ1n) is 5.92. The lowest BCUT2D eigenvalue weighted by Gasteiger charge is -2.00. The number of carboxylic acid groups (broad SMARTS) is 1. The first-order chi connectivity index (χ1) is 10.1. The molecular weight excluding hydrogens is 338 g/mol. The van der Waals surface area contributed by atoms with Crippen LogP contribution in [0.4, 0.5) is 0 Å². The molecule has 3 aromatic rings. The van der Waals surface area contributed by atoms with E-state index < -0.39 is 5.97 Å². The summed E-state index contributed by atoms with van der Waals surface area (Å²) in [6.07, 6.45) is 3.23. The van der Waals surface area contributed by atoms with Gasteiger partial charge in [-0.2, -0.15) is 0 Å². The smallest absolute Gasteiger partial charge is 0.336 e. The van der Waals surface area contributed by atoms with Gasteiger partial charge in [0.15, 0.2) is 0 Å². The molecule has 0 aliphatic heterocycles. The summed E-state index contributed by atoms with van der Waals surface area (Å²) in [6, 6.07) is 8.25. The van der Waals surface area contributed by atoms with Crippen LogP contribution in [0.2, 0.25) is 0 Å². The Morgan fingerprint density at radius 1 is 1.14 bits per heavy atom. The summed E-state index contributed by atoms with van der Waals surface area (Å²) in [6.45, 7) is 0. The fourth-order valence-corrected chi connectivity index (χ4v) is 2.20. The molecule has 7 heteroatoms. The lowest BCUT2D eigenvalue weighted by molar-refractivity contribution is 0.0697. The van der Waals surface area contributed by atoms with Gasteiger partial charge in [-0.3, -0.25) is 4.98 Å². The van der Waals surface area contributed by atoms with Gasteiger partial charge < -0.3 is 9.52 Å². The first kappa shape index (κ1) is 13.4. The Morgan fingerprint density at radius 2 is 1.90 bits per heavy atom. The first-order valence-corrected chi connectivity index (χ1v) is 6.71. The molecule has 0 saturated carbocycles. The molecule has 0 bridgehead atoms. The topological polar surface area (TPSA) is 89.1 Å². The zero-order chi connectivity index (χ0) is 14.8. The molecule has 3 rings (SSSR count). The number of carbonyl (C=O) groups is 1. The minimum Gasteiger partial charge on any atom is -0.478 e. The Kier molecular flexibility index (Phi) is 3.49. The standard InChI is InChI=1S/C14H8BrN3O3/c15-9-5-8(6-16-7-9)12-17-18-13(21-12)10-3-1-2-4-11(10)14(19)20/h1-7H,(H,19,20). The molecule has 2 heterocycles. The van der Waals surface area contributed by atoms with Crippen LogP contribution in [0.3, 0.4) is 0 Å². The third-order valence-electron chi connectivity index (χ3n) is 2.76. The number of halogens is 1.